The van der Waals surface area contributed by atoms with Gasteiger partial charge in [0.2, 0.25) is 15.9 Å². The molecule has 1 aliphatic heterocycles. The van der Waals surface area contributed by atoms with Crippen molar-refractivity contribution in [1.29, 1.82) is 0 Å². The van der Waals surface area contributed by atoms with Crippen molar-refractivity contribution in [1.82, 2.24) is 4.31 Å². The molecule has 1 fully saturated rings. The molecule has 1 aromatic carbocycles. The Hall–Kier alpha value is -1.12. The van der Waals surface area contributed by atoms with Gasteiger partial charge in [0.15, 0.2) is 0 Å². The van der Waals surface area contributed by atoms with E-state index in [0.29, 0.717) is 23.0 Å². The summed E-state index contributed by atoms with van der Waals surface area (Å²) in [5.41, 5.74) is 11.4. The quantitative estimate of drug-likeness (QED) is 0.776. The largest absolute Gasteiger partial charge is 0.398 e. The van der Waals surface area contributed by atoms with E-state index in [4.69, 9.17) is 11.5 Å². The van der Waals surface area contributed by atoms with Crippen molar-refractivity contribution >= 4 is 37.5 Å². The van der Waals surface area contributed by atoms with Crippen LogP contribution in [0.3, 0.4) is 0 Å². The third-order valence-corrected chi connectivity index (χ3v) is 6.50. The summed E-state index contributed by atoms with van der Waals surface area (Å²) in [4.78, 5) is 11.5. The molecule has 0 bridgehead atoms. The molecular weight excluding hydrogens is 358 g/mol. The fourth-order valence-corrected chi connectivity index (χ4v) is 4.45. The monoisotopic (exact) mass is 375 g/mol. The molecule has 4 N–H and O–H groups in total. The van der Waals surface area contributed by atoms with Crippen LogP contribution in [-0.4, -0.2) is 31.2 Å². The van der Waals surface area contributed by atoms with E-state index in [1.165, 1.54) is 16.4 Å². The van der Waals surface area contributed by atoms with Gasteiger partial charge in [0.1, 0.15) is 0 Å². The third kappa shape index (κ3) is 3.22. The molecule has 2 unspecified atom stereocenters. The lowest BCUT2D eigenvalue weighted by molar-refractivity contribution is -0.123. The van der Waals surface area contributed by atoms with Gasteiger partial charge in [-0.05, 0) is 53.9 Å². The average molecular weight is 376 g/mol. The zero-order chi connectivity index (χ0) is 15.8. The summed E-state index contributed by atoms with van der Waals surface area (Å²) in [5.74, 6) is -0.902. The smallest absolute Gasteiger partial charge is 0.243 e. The highest BCUT2D eigenvalue weighted by Crippen LogP contribution is 2.30. The number of hydrogen-bond acceptors (Lipinski definition) is 4. The first-order valence-corrected chi connectivity index (χ1v) is 8.83. The van der Waals surface area contributed by atoms with Crippen molar-refractivity contribution in [3.8, 4) is 0 Å². The van der Waals surface area contributed by atoms with Gasteiger partial charge in [-0.2, -0.15) is 4.31 Å². The molecule has 21 heavy (non-hydrogen) atoms. The lowest BCUT2D eigenvalue weighted by atomic mass is 9.95. The number of primary amides is 1. The zero-order valence-electron chi connectivity index (χ0n) is 11.6. The molecule has 6 nitrogen and oxygen atoms in total. The SMILES string of the molecule is CC1CCC(C(N)=O)CN1S(=O)(=O)c1ccc(Br)c(N)c1. The molecule has 2 rings (SSSR count). The Labute approximate surface area is 132 Å². The number of nitrogens with two attached hydrogens (primary N) is 2. The van der Waals surface area contributed by atoms with Crippen molar-refractivity contribution in [2.24, 2.45) is 11.7 Å². The molecule has 116 valence electrons. The number of benzene rings is 1. The molecule has 2 atom stereocenters. The van der Waals surface area contributed by atoms with Crippen molar-refractivity contribution in [2.45, 2.75) is 30.7 Å². The average Bonchev–Trinajstić information content (AvgIpc) is 2.41. The van der Waals surface area contributed by atoms with Crippen LogP contribution in [-0.2, 0) is 14.8 Å². The number of nitrogens with zero attached hydrogens (tertiary/aromatic N) is 1. The van der Waals surface area contributed by atoms with Gasteiger partial charge < -0.3 is 11.5 Å². The number of amides is 1. The fourth-order valence-electron chi connectivity index (χ4n) is 2.46. The highest BCUT2D eigenvalue weighted by atomic mass is 79.9. The second-order valence-electron chi connectivity index (χ2n) is 5.28. The van der Waals surface area contributed by atoms with Crippen molar-refractivity contribution in [3.05, 3.63) is 22.7 Å². The number of hydrogen-bond donors (Lipinski definition) is 2. The van der Waals surface area contributed by atoms with Crippen LogP contribution in [0.2, 0.25) is 0 Å². The topological polar surface area (TPSA) is 106 Å². The number of piperidine rings is 1. The Morgan fingerprint density at radius 1 is 1.38 bits per heavy atom. The molecule has 8 heteroatoms. The summed E-state index contributed by atoms with van der Waals surface area (Å²) < 4.78 is 27.4. The van der Waals surface area contributed by atoms with Gasteiger partial charge in [0, 0.05) is 22.7 Å². The summed E-state index contributed by atoms with van der Waals surface area (Å²) in [7, 11) is -3.69. The standard InChI is InChI=1S/C13H18BrN3O3S/c1-8-2-3-9(13(16)18)7-17(8)21(19,20)10-4-5-11(14)12(15)6-10/h4-6,8-9H,2-3,7,15H2,1H3,(H2,16,18). The lowest BCUT2D eigenvalue weighted by Gasteiger charge is -2.35. The second-order valence-corrected chi connectivity index (χ2v) is 8.03. The Kier molecular flexibility index (Phi) is 4.60. The first-order valence-electron chi connectivity index (χ1n) is 6.59. The number of anilines is 1. The van der Waals surface area contributed by atoms with Crippen LogP contribution in [0.4, 0.5) is 5.69 Å². The van der Waals surface area contributed by atoms with Gasteiger partial charge in [0.05, 0.1) is 10.8 Å². The molecule has 1 heterocycles. The maximum absolute atomic E-state index is 12.7. The number of halogens is 1. The van der Waals surface area contributed by atoms with E-state index in [0.717, 1.165) is 0 Å². The summed E-state index contributed by atoms with van der Waals surface area (Å²) in [5, 5.41) is 0. The molecule has 0 saturated carbocycles. The van der Waals surface area contributed by atoms with E-state index in [1.54, 1.807) is 6.07 Å². The number of carbonyl (C=O) groups is 1. The van der Waals surface area contributed by atoms with E-state index in [2.05, 4.69) is 15.9 Å². The van der Waals surface area contributed by atoms with Gasteiger partial charge in [-0.15, -0.1) is 0 Å². The summed E-state index contributed by atoms with van der Waals surface area (Å²) in [6.07, 6.45) is 1.23. The van der Waals surface area contributed by atoms with Gasteiger partial charge in [-0.3, -0.25) is 4.79 Å². The van der Waals surface area contributed by atoms with Crippen LogP contribution in [0, 0.1) is 5.92 Å². The third-order valence-electron chi connectivity index (χ3n) is 3.80. The predicted molar refractivity (Wildman–Crippen MR) is 83.8 cm³/mol. The summed E-state index contributed by atoms with van der Waals surface area (Å²) in [6.45, 7) is 1.95. The van der Waals surface area contributed by atoms with Crippen molar-refractivity contribution in [3.63, 3.8) is 0 Å². The Morgan fingerprint density at radius 3 is 2.62 bits per heavy atom. The second kappa shape index (κ2) is 5.94. The highest BCUT2D eigenvalue weighted by Gasteiger charge is 2.36. The number of rotatable bonds is 3. The first kappa shape index (κ1) is 16.3. The molecule has 0 aromatic heterocycles. The molecule has 0 spiro atoms. The highest BCUT2D eigenvalue weighted by molar-refractivity contribution is 9.10. The van der Waals surface area contributed by atoms with E-state index >= 15 is 0 Å². The van der Waals surface area contributed by atoms with Crippen molar-refractivity contribution in [2.75, 3.05) is 12.3 Å². The Balaban J connectivity index is 2.36. The molecule has 1 amide bonds. The van der Waals surface area contributed by atoms with Crippen LogP contribution in [0.15, 0.2) is 27.6 Å². The van der Waals surface area contributed by atoms with Crippen LogP contribution in [0.5, 0.6) is 0 Å². The van der Waals surface area contributed by atoms with E-state index in [1.807, 2.05) is 6.92 Å². The molecular formula is C13H18BrN3O3S. The number of carbonyl (C=O) groups excluding carboxylic acids is 1. The van der Waals surface area contributed by atoms with E-state index in [9.17, 15) is 13.2 Å². The number of sulfonamides is 1. The fraction of sp³-hybridized carbons (Fsp3) is 0.462. The molecule has 1 aromatic rings. The summed E-state index contributed by atoms with van der Waals surface area (Å²) >= 11 is 3.24. The summed E-state index contributed by atoms with van der Waals surface area (Å²) in [6, 6.07) is 4.34. The van der Waals surface area contributed by atoms with Crippen LogP contribution < -0.4 is 11.5 Å². The molecule has 1 aliphatic rings. The first-order chi connectivity index (χ1) is 9.73. The van der Waals surface area contributed by atoms with Crippen LogP contribution in [0.1, 0.15) is 19.8 Å². The lowest BCUT2D eigenvalue weighted by Crippen LogP contribution is -2.48. The molecule has 1 saturated heterocycles. The minimum atomic E-state index is -3.69. The maximum Gasteiger partial charge on any atom is 0.243 e. The Morgan fingerprint density at radius 2 is 2.05 bits per heavy atom. The van der Waals surface area contributed by atoms with E-state index in [-0.39, 0.29) is 17.5 Å². The Bertz CT molecular complexity index is 663. The normalized spacial score (nSPS) is 23.9. The van der Waals surface area contributed by atoms with Crippen molar-refractivity contribution < 1.29 is 13.2 Å². The van der Waals surface area contributed by atoms with Gasteiger partial charge in [-0.1, -0.05) is 0 Å². The number of nitrogen functional groups attached to an aromatic ring is 1. The van der Waals surface area contributed by atoms with Gasteiger partial charge in [0.25, 0.3) is 0 Å². The van der Waals surface area contributed by atoms with Crippen LogP contribution >= 0.6 is 15.9 Å². The zero-order valence-corrected chi connectivity index (χ0v) is 14.0. The van der Waals surface area contributed by atoms with Gasteiger partial charge >= 0.3 is 0 Å². The maximum atomic E-state index is 12.7. The molecule has 0 radical (unpaired) electrons. The molecule has 0 aliphatic carbocycles. The predicted octanol–water partition coefficient (Wildman–Crippen LogP) is 1.31. The minimum absolute atomic E-state index is 0.120. The van der Waals surface area contributed by atoms with E-state index < -0.39 is 21.8 Å². The van der Waals surface area contributed by atoms with Crippen LogP contribution in [0.25, 0.3) is 0 Å². The minimum Gasteiger partial charge on any atom is -0.398 e. The van der Waals surface area contributed by atoms with Gasteiger partial charge in [-0.25, -0.2) is 8.42 Å².